The highest BCUT2D eigenvalue weighted by Crippen LogP contribution is 2.20. The van der Waals surface area contributed by atoms with Crippen molar-refractivity contribution in [3.8, 4) is 0 Å². The van der Waals surface area contributed by atoms with E-state index in [2.05, 4.69) is 0 Å². The van der Waals surface area contributed by atoms with Gasteiger partial charge in [-0.3, -0.25) is 9.59 Å². The molecule has 1 amide bonds. The van der Waals surface area contributed by atoms with Crippen LogP contribution in [-0.4, -0.2) is 41.6 Å². The Morgan fingerprint density at radius 3 is 2.78 bits per heavy atom. The van der Waals surface area contributed by atoms with Crippen molar-refractivity contribution in [3.63, 3.8) is 0 Å². The van der Waals surface area contributed by atoms with Crippen molar-refractivity contribution in [3.05, 3.63) is 35.4 Å². The molecule has 0 spiro atoms. The van der Waals surface area contributed by atoms with Crippen molar-refractivity contribution < 1.29 is 28.2 Å². The van der Waals surface area contributed by atoms with Crippen LogP contribution in [0.25, 0.3) is 0 Å². The SMILES string of the molecule is O=C(O)CCN(Cc1cccc(F)c1F)C(=O)CC1CCOC1. The number of halogens is 2. The van der Waals surface area contributed by atoms with E-state index in [4.69, 9.17) is 9.84 Å². The summed E-state index contributed by atoms with van der Waals surface area (Å²) in [7, 11) is 0. The summed E-state index contributed by atoms with van der Waals surface area (Å²) in [6, 6.07) is 3.74. The van der Waals surface area contributed by atoms with Gasteiger partial charge in [-0.15, -0.1) is 0 Å². The van der Waals surface area contributed by atoms with Crippen molar-refractivity contribution >= 4 is 11.9 Å². The number of rotatable bonds is 7. The number of hydrogen-bond donors (Lipinski definition) is 1. The summed E-state index contributed by atoms with van der Waals surface area (Å²) in [6.45, 7) is 0.902. The second-order valence-electron chi connectivity index (χ2n) is 5.61. The Morgan fingerprint density at radius 2 is 2.13 bits per heavy atom. The molecule has 0 aliphatic carbocycles. The number of benzene rings is 1. The Balaban J connectivity index is 2.07. The van der Waals surface area contributed by atoms with Gasteiger partial charge in [0.1, 0.15) is 0 Å². The van der Waals surface area contributed by atoms with Crippen LogP contribution in [0.1, 0.15) is 24.8 Å². The number of aliphatic carboxylic acids is 1. The summed E-state index contributed by atoms with van der Waals surface area (Å²) in [4.78, 5) is 24.4. The smallest absolute Gasteiger partial charge is 0.305 e. The summed E-state index contributed by atoms with van der Waals surface area (Å²) in [5.74, 6) is -3.23. The molecule has 1 fully saturated rings. The Kier molecular flexibility index (Phi) is 6.04. The van der Waals surface area contributed by atoms with Crippen molar-refractivity contribution in [1.29, 1.82) is 0 Å². The monoisotopic (exact) mass is 327 g/mol. The summed E-state index contributed by atoms with van der Waals surface area (Å²) in [5.41, 5.74) is 0.0337. The van der Waals surface area contributed by atoms with Crippen LogP contribution in [0.5, 0.6) is 0 Å². The second kappa shape index (κ2) is 8.01. The van der Waals surface area contributed by atoms with E-state index in [1.54, 1.807) is 0 Å². The molecule has 1 aromatic rings. The Hall–Kier alpha value is -2.02. The zero-order chi connectivity index (χ0) is 16.8. The number of ether oxygens (including phenoxy) is 1. The second-order valence-corrected chi connectivity index (χ2v) is 5.61. The molecule has 23 heavy (non-hydrogen) atoms. The molecule has 1 saturated heterocycles. The zero-order valence-corrected chi connectivity index (χ0v) is 12.6. The van der Waals surface area contributed by atoms with Crippen LogP contribution in [0, 0.1) is 17.6 Å². The maximum absolute atomic E-state index is 13.8. The molecule has 1 aromatic carbocycles. The van der Waals surface area contributed by atoms with Crippen LogP contribution >= 0.6 is 0 Å². The van der Waals surface area contributed by atoms with E-state index >= 15 is 0 Å². The van der Waals surface area contributed by atoms with Crippen LogP contribution in [-0.2, 0) is 20.9 Å². The van der Waals surface area contributed by atoms with Gasteiger partial charge in [0.15, 0.2) is 11.6 Å². The average molecular weight is 327 g/mol. The largest absolute Gasteiger partial charge is 0.481 e. The third-order valence-corrected chi connectivity index (χ3v) is 3.83. The number of amides is 1. The van der Waals surface area contributed by atoms with Crippen LogP contribution in [0.15, 0.2) is 18.2 Å². The number of carbonyl (C=O) groups excluding carboxylic acids is 1. The molecule has 1 atom stereocenters. The highest BCUT2D eigenvalue weighted by atomic mass is 19.2. The number of nitrogens with zero attached hydrogens (tertiary/aromatic N) is 1. The van der Waals surface area contributed by atoms with E-state index in [0.717, 1.165) is 12.5 Å². The maximum atomic E-state index is 13.8. The Bertz CT molecular complexity index is 573. The number of carboxylic acids is 1. The van der Waals surface area contributed by atoms with Gasteiger partial charge in [-0.05, 0) is 18.4 Å². The lowest BCUT2D eigenvalue weighted by atomic mass is 10.0. The van der Waals surface area contributed by atoms with Gasteiger partial charge in [-0.2, -0.15) is 0 Å². The quantitative estimate of drug-likeness (QED) is 0.834. The molecule has 1 N–H and O–H groups in total. The number of carboxylic acid groups (broad SMARTS) is 1. The first-order chi connectivity index (χ1) is 11.0. The Labute approximate surface area is 132 Å². The van der Waals surface area contributed by atoms with Gasteiger partial charge in [0.25, 0.3) is 0 Å². The molecule has 7 heteroatoms. The topological polar surface area (TPSA) is 66.8 Å². The molecule has 0 bridgehead atoms. The first-order valence-corrected chi connectivity index (χ1v) is 7.47. The van der Waals surface area contributed by atoms with E-state index < -0.39 is 17.6 Å². The highest BCUT2D eigenvalue weighted by molar-refractivity contribution is 5.77. The molecule has 126 valence electrons. The number of hydrogen-bond acceptors (Lipinski definition) is 3. The van der Waals surface area contributed by atoms with Gasteiger partial charge in [0, 0.05) is 38.3 Å². The van der Waals surface area contributed by atoms with Crippen LogP contribution in [0.2, 0.25) is 0 Å². The van der Waals surface area contributed by atoms with E-state index in [9.17, 15) is 18.4 Å². The fraction of sp³-hybridized carbons (Fsp3) is 0.500. The lowest BCUT2D eigenvalue weighted by Gasteiger charge is -2.23. The standard InChI is InChI=1S/C16H19F2NO4/c17-13-3-1-2-12(16(13)18)9-19(6-4-15(21)22)14(20)8-11-5-7-23-10-11/h1-3,11H,4-10H2,(H,21,22). The lowest BCUT2D eigenvalue weighted by Crippen LogP contribution is -2.34. The van der Waals surface area contributed by atoms with Crippen molar-refractivity contribution in [2.45, 2.75) is 25.8 Å². The van der Waals surface area contributed by atoms with E-state index in [-0.39, 0.29) is 43.3 Å². The molecule has 1 unspecified atom stereocenters. The van der Waals surface area contributed by atoms with Gasteiger partial charge < -0.3 is 14.7 Å². The maximum Gasteiger partial charge on any atom is 0.305 e. The van der Waals surface area contributed by atoms with Crippen molar-refractivity contribution in [2.75, 3.05) is 19.8 Å². The summed E-state index contributed by atoms with van der Waals surface area (Å²) < 4.78 is 32.3. The molecule has 0 radical (unpaired) electrons. The van der Waals surface area contributed by atoms with Crippen LogP contribution in [0.3, 0.4) is 0 Å². The molecular weight excluding hydrogens is 308 g/mol. The fourth-order valence-corrected chi connectivity index (χ4v) is 2.52. The van der Waals surface area contributed by atoms with E-state index in [0.29, 0.717) is 13.2 Å². The van der Waals surface area contributed by atoms with Gasteiger partial charge in [0.2, 0.25) is 5.91 Å². The molecule has 0 saturated carbocycles. The summed E-state index contributed by atoms with van der Waals surface area (Å²) in [5, 5.41) is 8.80. The molecule has 0 aromatic heterocycles. The normalized spacial score (nSPS) is 17.2. The minimum Gasteiger partial charge on any atom is -0.481 e. The molecule has 1 aliphatic heterocycles. The van der Waals surface area contributed by atoms with E-state index in [1.807, 2.05) is 0 Å². The fourth-order valence-electron chi connectivity index (χ4n) is 2.52. The summed E-state index contributed by atoms with van der Waals surface area (Å²) >= 11 is 0. The minimum absolute atomic E-state index is 0.0337. The van der Waals surface area contributed by atoms with Crippen LogP contribution < -0.4 is 0 Å². The predicted molar refractivity (Wildman–Crippen MR) is 77.6 cm³/mol. The molecular formula is C16H19F2NO4. The minimum atomic E-state index is -1.05. The molecule has 5 nitrogen and oxygen atoms in total. The van der Waals surface area contributed by atoms with Gasteiger partial charge in [-0.1, -0.05) is 12.1 Å². The molecule has 1 heterocycles. The van der Waals surface area contributed by atoms with Gasteiger partial charge >= 0.3 is 5.97 Å². The highest BCUT2D eigenvalue weighted by Gasteiger charge is 2.24. The van der Waals surface area contributed by atoms with Crippen LogP contribution in [0.4, 0.5) is 8.78 Å². The predicted octanol–water partition coefficient (Wildman–Crippen LogP) is 2.19. The Morgan fingerprint density at radius 1 is 1.35 bits per heavy atom. The first-order valence-electron chi connectivity index (χ1n) is 7.47. The zero-order valence-electron chi connectivity index (χ0n) is 12.6. The third kappa shape index (κ3) is 4.99. The average Bonchev–Trinajstić information content (AvgIpc) is 3.00. The van der Waals surface area contributed by atoms with E-state index in [1.165, 1.54) is 17.0 Å². The first kappa shape index (κ1) is 17.3. The third-order valence-electron chi connectivity index (χ3n) is 3.83. The van der Waals surface area contributed by atoms with Gasteiger partial charge in [-0.25, -0.2) is 8.78 Å². The molecule has 1 aliphatic rings. The number of carbonyl (C=O) groups is 2. The van der Waals surface area contributed by atoms with Crippen molar-refractivity contribution in [1.82, 2.24) is 4.90 Å². The van der Waals surface area contributed by atoms with Crippen molar-refractivity contribution in [2.24, 2.45) is 5.92 Å². The molecule has 2 rings (SSSR count). The van der Waals surface area contributed by atoms with Gasteiger partial charge in [0.05, 0.1) is 6.42 Å². The summed E-state index contributed by atoms with van der Waals surface area (Å²) in [6.07, 6.45) is 0.743. The lowest BCUT2D eigenvalue weighted by molar-refractivity contribution is -0.139.